The largest absolute Gasteiger partial charge is 0.398 e. The molecular weight excluding hydrogens is 212 g/mol. The number of nitrogens with one attached hydrogen (secondary N) is 1. The molecule has 0 amide bonds. The van der Waals surface area contributed by atoms with Crippen LogP contribution in [-0.4, -0.2) is 4.98 Å². The van der Waals surface area contributed by atoms with Gasteiger partial charge in [-0.1, -0.05) is 12.1 Å². The molecule has 72 valence electrons. The van der Waals surface area contributed by atoms with E-state index in [2.05, 4.69) is 11.1 Å². The molecular formula is C10H10N2S2. The van der Waals surface area contributed by atoms with Gasteiger partial charge in [-0.2, -0.15) is 0 Å². The molecule has 0 atom stereocenters. The minimum absolute atomic E-state index is 0.859. The fraction of sp³-hybridized carbons (Fsp3) is 0.100. The Kier molecular flexibility index (Phi) is 2.39. The molecule has 14 heavy (non-hydrogen) atoms. The van der Waals surface area contributed by atoms with Crippen LogP contribution < -0.4 is 5.73 Å². The van der Waals surface area contributed by atoms with E-state index < -0.39 is 0 Å². The summed E-state index contributed by atoms with van der Waals surface area (Å²) in [4.78, 5) is 4.14. The minimum Gasteiger partial charge on any atom is -0.398 e. The quantitative estimate of drug-likeness (QED) is 0.452. The highest BCUT2D eigenvalue weighted by Gasteiger charge is 2.12. The van der Waals surface area contributed by atoms with E-state index in [1.807, 2.05) is 25.3 Å². The number of thiazole rings is 1. The van der Waals surface area contributed by atoms with E-state index in [-0.39, 0.29) is 0 Å². The molecule has 0 unspecified atom stereocenters. The smallest absolute Gasteiger partial charge is 0.158 e. The summed E-state index contributed by atoms with van der Waals surface area (Å²) >= 11 is 6.40. The van der Waals surface area contributed by atoms with Gasteiger partial charge in [0.05, 0.1) is 0 Å². The van der Waals surface area contributed by atoms with E-state index in [0.29, 0.717) is 0 Å². The maximum Gasteiger partial charge on any atom is 0.158 e. The molecule has 3 N–H and O–H groups in total. The lowest BCUT2D eigenvalue weighted by Crippen LogP contribution is -1.98. The van der Waals surface area contributed by atoms with Gasteiger partial charge in [-0.25, -0.2) is 0 Å². The highest BCUT2D eigenvalue weighted by Crippen LogP contribution is 2.38. The van der Waals surface area contributed by atoms with Gasteiger partial charge in [-0.15, -0.1) is 11.3 Å². The predicted molar refractivity (Wildman–Crippen MR) is 64.1 cm³/mol. The Labute approximate surface area is 91.4 Å². The van der Waals surface area contributed by atoms with Crippen molar-refractivity contribution in [3.05, 3.63) is 33.2 Å². The van der Waals surface area contributed by atoms with Gasteiger partial charge in [0.2, 0.25) is 0 Å². The van der Waals surface area contributed by atoms with Gasteiger partial charge in [0.1, 0.15) is 0 Å². The van der Waals surface area contributed by atoms with Crippen LogP contribution in [0.25, 0.3) is 11.1 Å². The normalized spacial score (nSPS) is 10.4. The summed E-state index contributed by atoms with van der Waals surface area (Å²) in [6, 6.07) is 6.08. The van der Waals surface area contributed by atoms with E-state index >= 15 is 0 Å². The average molecular weight is 222 g/mol. The van der Waals surface area contributed by atoms with E-state index in [4.69, 9.17) is 18.0 Å². The first-order valence-electron chi connectivity index (χ1n) is 4.22. The van der Waals surface area contributed by atoms with Crippen molar-refractivity contribution in [3.8, 4) is 11.1 Å². The van der Waals surface area contributed by atoms with Crippen LogP contribution in [0, 0.1) is 10.9 Å². The molecule has 3 rings (SSSR count). The van der Waals surface area contributed by atoms with Crippen molar-refractivity contribution >= 4 is 29.2 Å². The van der Waals surface area contributed by atoms with Crippen molar-refractivity contribution in [2.75, 3.05) is 5.73 Å². The molecule has 1 aromatic heterocycles. The number of fused-ring (bicyclic) bond motifs is 1. The van der Waals surface area contributed by atoms with E-state index in [9.17, 15) is 0 Å². The second-order valence-corrected chi connectivity index (χ2v) is 5.01. The number of aromatic amines is 1. The van der Waals surface area contributed by atoms with E-state index in [1.54, 1.807) is 11.3 Å². The van der Waals surface area contributed by atoms with Crippen molar-refractivity contribution in [1.29, 1.82) is 0 Å². The van der Waals surface area contributed by atoms with E-state index in [1.165, 1.54) is 16.0 Å². The first-order valence-corrected chi connectivity index (χ1v) is 5.44. The molecule has 2 aliphatic rings. The number of hydrogen-bond acceptors (Lipinski definition) is 3. The summed E-state index contributed by atoms with van der Waals surface area (Å²) in [5.41, 5.74) is 8.92. The molecule has 1 heterocycles. The average Bonchev–Trinajstić information content (AvgIpc) is 2.46. The Bertz CT molecular complexity index is 511. The van der Waals surface area contributed by atoms with Crippen LogP contribution >= 0.6 is 23.6 Å². The number of aryl methyl sites for hydroxylation is 1. The molecule has 0 radical (unpaired) electrons. The van der Waals surface area contributed by atoms with Crippen LogP contribution in [0.4, 0.5) is 5.69 Å². The Hall–Kier alpha value is -1.13. The summed E-state index contributed by atoms with van der Waals surface area (Å²) in [6.07, 6.45) is 1.91. The number of rotatable bonds is 0. The Morgan fingerprint density at radius 2 is 2.21 bits per heavy atom. The number of benzene rings is 1. The summed E-state index contributed by atoms with van der Waals surface area (Å²) in [7, 11) is 0. The Morgan fingerprint density at radius 3 is 2.29 bits per heavy atom. The predicted octanol–water partition coefficient (Wildman–Crippen LogP) is 3.36. The number of anilines is 1. The molecule has 0 aromatic carbocycles. The highest BCUT2D eigenvalue weighted by molar-refractivity contribution is 7.73. The van der Waals surface area contributed by atoms with Crippen molar-refractivity contribution in [2.24, 2.45) is 0 Å². The van der Waals surface area contributed by atoms with Crippen molar-refractivity contribution in [1.82, 2.24) is 4.98 Å². The molecule has 0 spiro atoms. The van der Waals surface area contributed by atoms with Crippen LogP contribution in [0.3, 0.4) is 0 Å². The number of nitrogens with two attached hydrogens (primary N) is 1. The zero-order chi connectivity index (χ0) is 10.1. The summed E-state index contributed by atoms with van der Waals surface area (Å²) in [5.74, 6) is 0. The Morgan fingerprint density at radius 1 is 1.43 bits per heavy atom. The van der Waals surface area contributed by atoms with Crippen molar-refractivity contribution in [2.45, 2.75) is 6.92 Å². The monoisotopic (exact) mass is 222 g/mol. The van der Waals surface area contributed by atoms with Gasteiger partial charge in [-0.3, -0.25) is 0 Å². The molecule has 0 saturated carbocycles. The first kappa shape index (κ1) is 9.43. The molecule has 4 heteroatoms. The van der Waals surface area contributed by atoms with Crippen LogP contribution in [0.15, 0.2) is 24.4 Å². The van der Waals surface area contributed by atoms with Gasteiger partial charge >= 0.3 is 0 Å². The number of H-pyrrole nitrogens is 1. The van der Waals surface area contributed by atoms with Gasteiger partial charge < -0.3 is 10.7 Å². The second-order valence-electron chi connectivity index (χ2n) is 3.09. The zero-order valence-corrected chi connectivity index (χ0v) is 9.34. The van der Waals surface area contributed by atoms with Crippen LogP contribution in [0.2, 0.25) is 0 Å². The molecule has 2 aliphatic carbocycles. The summed E-state index contributed by atoms with van der Waals surface area (Å²) in [6.45, 7) is 2.02. The topological polar surface area (TPSA) is 41.8 Å². The summed E-state index contributed by atoms with van der Waals surface area (Å²) < 4.78 is 0.859. The number of hydrogen-bond donors (Lipinski definition) is 2. The second kappa shape index (κ2) is 3.55. The lowest BCUT2D eigenvalue weighted by atomic mass is 9.91. The maximum absolute atomic E-state index is 5.42. The molecule has 2 nitrogen and oxygen atoms in total. The lowest BCUT2D eigenvalue weighted by Gasteiger charge is -2.16. The van der Waals surface area contributed by atoms with Crippen molar-refractivity contribution in [3.63, 3.8) is 0 Å². The van der Waals surface area contributed by atoms with Crippen LogP contribution in [0.1, 0.15) is 4.88 Å². The van der Waals surface area contributed by atoms with Gasteiger partial charge in [0.25, 0.3) is 0 Å². The zero-order valence-electron chi connectivity index (χ0n) is 7.70. The third-order valence-corrected chi connectivity index (χ3v) is 3.12. The van der Waals surface area contributed by atoms with Gasteiger partial charge in [-0.05, 0) is 30.8 Å². The molecule has 0 bridgehead atoms. The van der Waals surface area contributed by atoms with Crippen molar-refractivity contribution < 1.29 is 0 Å². The third-order valence-electron chi connectivity index (χ3n) is 2.01. The number of aromatic nitrogens is 1. The van der Waals surface area contributed by atoms with Crippen LogP contribution in [0.5, 0.6) is 0 Å². The van der Waals surface area contributed by atoms with Gasteiger partial charge in [0, 0.05) is 22.3 Å². The standard InChI is InChI=1S/C6H5N.C4H5NS2/c7-6-3-4-1-2-5(4)6;1-3-2-5-4(6)7-3/h1-3H,7H2;2H,1H3,(H,5,6). The fourth-order valence-electron chi connectivity index (χ4n) is 1.18. The molecule has 1 aromatic rings. The first-order chi connectivity index (χ1) is 6.66. The van der Waals surface area contributed by atoms with Gasteiger partial charge in [0.15, 0.2) is 3.95 Å². The molecule has 0 saturated heterocycles. The number of nitrogen functional groups attached to an aromatic ring is 1. The van der Waals surface area contributed by atoms with E-state index in [0.717, 1.165) is 9.64 Å². The highest BCUT2D eigenvalue weighted by atomic mass is 32.1. The third kappa shape index (κ3) is 1.71. The molecule has 0 fully saturated rings. The lowest BCUT2D eigenvalue weighted by molar-refractivity contribution is 1.37. The molecule has 0 aliphatic heterocycles. The maximum atomic E-state index is 5.42. The van der Waals surface area contributed by atoms with Crippen LogP contribution in [-0.2, 0) is 0 Å². The fourth-order valence-corrected chi connectivity index (χ4v) is 2.17. The minimum atomic E-state index is 0.859. The Balaban J connectivity index is 0.000000107. The summed E-state index contributed by atoms with van der Waals surface area (Å²) in [5, 5.41) is 0. The SMILES string of the molecule is Cc1c[nH]c(=S)s1.Nc1cc2ccc1-2.